The monoisotopic (exact) mass is 546 g/mol. The highest BCUT2D eigenvalue weighted by molar-refractivity contribution is 6.10. The molecule has 40 heavy (non-hydrogen) atoms. The van der Waals surface area contributed by atoms with Gasteiger partial charge in [-0.3, -0.25) is 15.0 Å². The van der Waals surface area contributed by atoms with E-state index in [9.17, 15) is 19.5 Å². The Balaban J connectivity index is 2.02. The lowest BCUT2D eigenvalue weighted by Gasteiger charge is -2.22. The molecule has 1 aromatic heterocycles. The number of nitrogens with two attached hydrogens (primary N) is 2. The summed E-state index contributed by atoms with van der Waals surface area (Å²) in [6.45, 7) is 6.42. The third kappa shape index (κ3) is 7.20. The molecule has 0 spiro atoms. The van der Waals surface area contributed by atoms with Gasteiger partial charge in [0.15, 0.2) is 0 Å². The molecule has 11 nitrogen and oxygen atoms in total. The maximum absolute atomic E-state index is 13.4. The van der Waals surface area contributed by atoms with Crippen LogP contribution in [0.1, 0.15) is 64.0 Å². The molecule has 0 bridgehead atoms. The standard InChI is InChI=1S/C29H34N6O5/c1-4-40-24-12-11-21(25(35-24)28(37)33-19-8-5-17(6-9-19)26(31)32)20-10-7-18(15-22(20)29(38)39)27(36)34-23(13-14-30)16(2)3/h5-12,15-16,23H,4,13-14,30H2,1-3H3,(H3,31,32)(H,33,37)(H,34,36)(H,38,39)/t23-/m0/s1. The number of benzene rings is 2. The van der Waals surface area contributed by atoms with Gasteiger partial charge in [-0.25, -0.2) is 9.78 Å². The first-order chi connectivity index (χ1) is 19.0. The highest BCUT2D eigenvalue weighted by Crippen LogP contribution is 2.30. The van der Waals surface area contributed by atoms with E-state index in [1.54, 1.807) is 43.3 Å². The van der Waals surface area contributed by atoms with Gasteiger partial charge >= 0.3 is 5.97 Å². The molecule has 0 saturated carbocycles. The van der Waals surface area contributed by atoms with Gasteiger partial charge in [-0.2, -0.15) is 0 Å². The number of aromatic carboxylic acids is 1. The Kier molecular flexibility index (Phi) is 9.93. The van der Waals surface area contributed by atoms with E-state index >= 15 is 0 Å². The molecule has 1 heterocycles. The van der Waals surface area contributed by atoms with Crippen molar-refractivity contribution in [1.29, 1.82) is 5.41 Å². The summed E-state index contributed by atoms with van der Waals surface area (Å²) in [5, 5.41) is 23.2. The fraction of sp³-hybridized carbons (Fsp3) is 0.276. The number of ether oxygens (including phenoxy) is 1. The van der Waals surface area contributed by atoms with Gasteiger partial charge in [-0.1, -0.05) is 19.9 Å². The minimum Gasteiger partial charge on any atom is -0.478 e. The molecular formula is C29H34N6O5. The molecule has 1 atom stereocenters. The maximum atomic E-state index is 13.4. The van der Waals surface area contributed by atoms with Crippen molar-refractivity contribution >= 4 is 29.3 Å². The van der Waals surface area contributed by atoms with Crippen LogP contribution >= 0.6 is 0 Å². The second-order valence-corrected chi connectivity index (χ2v) is 9.39. The second-order valence-electron chi connectivity index (χ2n) is 9.39. The predicted molar refractivity (Wildman–Crippen MR) is 153 cm³/mol. The number of pyridine rings is 1. The molecule has 2 amide bonds. The number of aromatic nitrogens is 1. The van der Waals surface area contributed by atoms with Crippen LogP contribution in [-0.4, -0.2) is 52.9 Å². The van der Waals surface area contributed by atoms with Crippen molar-refractivity contribution in [2.45, 2.75) is 33.2 Å². The molecule has 8 N–H and O–H groups in total. The molecule has 11 heteroatoms. The third-order valence-corrected chi connectivity index (χ3v) is 6.23. The number of carboxylic acid groups (broad SMARTS) is 1. The van der Waals surface area contributed by atoms with Crippen LogP contribution in [0.5, 0.6) is 5.88 Å². The van der Waals surface area contributed by atoms with E-state index in [1.807, 2.05) is 13.8 Å². The second kappa shape index (κ2) is 13.3. The van der Waals surface area contributed by atoms with Gasteiger partial charge in [0, 0.05) is 34.5 Å². The number of nitrogen functional groups attached to an aromatic ring is 1. The first-order valence-electron chi connectivity index (χ1n) is 12.8. The van der Waals surface area contributed by atoms with E-state index in [-0.39, 0.29) is 51.6 Å². The topological polar surface area (TPSA) is 194 Å². The molecule has 0 aliphatic carbocycles. The highest BCUT2D eigenvalue weighted by Gasteiger charge is 2.23. The molecule has 3 rings (SSSR count). The number of hydrogen-bond donors (Lipinski definition) is 6. The van der Waals surface area contributed by atoms with Crippen LogP contribution in [0.2, 0.25) is 0 Å². The minimum absolute atomic E-state index is 0.0656. The number of amides is 2. The van der Waals surface area contributed by atoms with E-state index in [4.69, 9.17) is 21.6 Å². The summed E-state index contributed by atoms with van der Waals surface area (Å²) in [6.07, 6.45) is 0.584. The molecule has 0 radical (unpaired) electrons. The predicted octanol–water partition coefficient (Wildman–Crippen LogP) is 3.49. The van der Waals surface area contributed by atoms with E-state index in [1.165, 1.54) is 18.2 Å². The van der Waals surface area contributed by atoms with Crippen molar-refractivity contribution in [2.24, 2.45) is 17.4 Å². The van der Waals surface area contributed by atoms with E-state index in [0.29, 0.717) is 30.8 Å². The Hall–Kier alpha value is -4.77. The van der Waals surface area contributed by atoms with Crippen LogP contribution in [0.4, 0.5) is 5.69 Å². The minimum atomic E-state index is -1.27. The Morgan fingerprint density at radius 3 is 2.23 bits per heavy atom. The van der Waals surface area contributed by atoms with Gasteiger partial charge in [0.2, 0.25) is 5.88 Å². The molecular weight excluding hydrogens is 512 g/mol. The largest absolute Gasteiger partial charge is 0.478 e. The number of anilines is 1. The molecule has 0 unspecified atom stereocenters. The molecule has 3 aromatic rings. The SMILES string of the molecule is CCOc1ccc(-c2ccc(C(=O)N[C@@H](CCN)C(C)C)cc2C(=O)O)c(C(=O)Nc2ccc(C(=N)N)cc2)n1. The average Bonchev–Trinajstić information content (AvgIpc) is 2.92. The molecule has 2 aromatic carbocycles. The zero-order valence-corrected chi connectivity index (χ0v) is 22.7. The van der Waals surface area contributed by atoms with Crippen LogP contribution in [0.3, 0.4) is 0 Å². The van der Waals surface area contributed by atoms with Gasteiger partial charge in [0.25, 0.3) is 11.8 Å². The van der Waals surface area contributed by atoms with Crippen molar-refractivity contribution in [3.05, 3.63) is 77.0 Å². The molecule has 0 saturated heterocycles. The molecule has 0 fully saturated rings. The number of carboxylic acids is 1. The van der Waals surface area contributed by atoms with Crippen LogP contribution in [0.25, 0.3) is 11.1 Å². The summed E-state index contributed by atoms with van der Waals surface area (Å²) in [7, 11) is 0. The van der Waals surface area contributed by atoms with Crippen molar-refractivity contribution in [3.8, 4) is 17.0 Å². The van der Waals surface area contributed by atoms with Crippen LogP contribution in [-0.2, 0) is 0 Å². The number of nitrogens with one attached hydrogen (secondary N) is 3. The fourth-order valence-electron chi connectivity index (χ4n) is 4.08. The van der Waals surface area contributed by atoms with Crippen LogP contribution in [0, 0.1) is 11.3 Å². The van der Waals surface area contributed by atoms with Gasteiger partial charge in [-0.15, -0.1) is 0 Å². The lowest BCUT2D eigenvalue weighted by Crippen LogP contribution is -2.40. The summed E-state index contributed by atoms with van der Waals surface area (Å²) >= 11 is 0. The highest BCUT2D eigenvalue weighted by atomic mass is 16.5. The Morgan fingerprint density at radius 2 is 1.65 bits per heavy atom. The molecule has 210 valence electrons. The lowest BCUT2D eigenvalue weighted by molar-refractivity contribution is 0.0697. The van der Waals surface area contributed by atoms with Gasteiger partial charge < -0.3 is 31.9 Å². The van der Waals surface area contributed by atoms with Gasteiger partial charge in [0.05, 0.1) is 12.2 Å². The quantitative estimate of drug-likeness (QED) is 0.147. The third-order valence-electron chi connectivity index (χ3n) is 6.23. The number of rotatable bonds is 12. The molecule has 0 aliphatic rings. The summed E-state index contributed by atoms with van der Waals surface area (Å²) < 4.78 is 5.48. The lowest BCUT2D eigenvalue weighted by atomic mass is 9.95. The molecule has 0 aliphatic heterocycles. The number of carbonyl (C=O) groups excluding carboxylic acids is 2. The van der Waals surface area contributed by atoms with E-state index < -0.39 is 17.8 Å². The Labute approximate surface area is 232 Å². The van der Waals surface area contributed by atoms with E-state index in [0.717, 1.165) is 0 Å². The van der Waals surface area contributed by atoms with Crippen molar-refractivity contribution in [3.63, 3.8) is 0 Å². The zero-order valence-electron chi connectivity index (χ0n) is 22.7. The van der Waals surface area contributed by atoms with Gasteiger partial charge in [-0.05, 0) is 73.8 Å². The van der Waals surface area contributed by atoms with Gasteiger partial charge in [0.1, 0.15) is 11.5 Å². The number of amidine groups is 1. The smallest absolute Gasteiger partial charge is 0.336 e. The maximum Gasteiger partial charge on any atom is 0.336 e. The normalized spacial score (nSPS) is 11.5. The van der Waals surface area contributed by atoms with E-state index in [2.05, 4.69) is 15.6 Å². The first-order valence-corrected chi connectivity index (χ1v) is 12.8. The average molecular weight is 547 g/mol. The fourth-order valence-corrected chi connectivity index (χ4v) is 4.08. The van der Waals surface area contributed by atoms with Crippen LogP contribution in [0.15, 0.2) is 54.6 Å². The number of carbonyl (C=O) groups is 3. The summed E-state index contributed by atoms with van der Waals surface area (Å²) in [5.74, 6) is -2.07. The number of hydrogen-bond acceptors (Lipinski definition) is 7. The van der Waals surface area contributed by atoms with Crippen molar-refractivity contribution < 1.29 is 24.2 Å². The Morgan fingerprint density at radius 1 is 1.00 bits per heavy atom. The summed E-state index contributed by atoms with van der Waals surface area (Å²) in [4.78, 5) is 43.0. The number of nitrogens with zero attached hydrogens (tertiary/aromatic N) is 1. The summed E-state index contributed by atoms with van der Waals surface area (Å²) in [6, 6.07) is 13.6. The zero-order chi connectivity index (χ0) is 29.4. The van der Waals surface area contributed by atoms with Crippen molar-refractivity contribution in [2.75, 3.05) is 18.5 Å². The Bertz CT molecular complexity index is 1400. The van der Waals surface area contributed by atoms with Crippen LogP contribution < -0.4 is 26.8 Å². The van der Waals surface area contributed by atoms with Crippen molar-refractivity contribution in [1.82, 2.24) is 10.3 Å². The first kappa shape index (κ1) is 29.8. The summed E-state index contributed by atoms with van der Waals surface area (Å²) in [5.41, 5.74) is 12.5.